The van der Waals surface area contributed by atoms with Crippen LogP contribution in [0, 0.1) is 0 Å². The van der Waals surface area contributed by atoms with Crippen LogP contribution in [0.5, 0.6) is 0 Å². The van der Waals surface area contributed by atoms with E-state index in [1.54, 1.807) is 23.6 Å². The van der Waals surface area contributed by atoms with Crippen molar-refractivity contribution in [2.75, 3.05) is 10.5 Å². The van der Waals surface area contributed by atoms with Crippen molar-refractivity contribution in [1.82, 2.24) is 4.98 Å². The lowest BCUT2D eigenvalue weighted by molar-refractivity contribution is 0.601. The normalized spacial score (nSPS) is 11.2. The molecule has 0 atom stereocenters. The van der Waals surface area contributed by atoms with Gasteiger partial charge in [-0.05, 0) is 12.1 Å². The minimum Gasteiger partial charge on any atom is -0.383 e. The van der Waals surface area contributed by atoms with Gasteiger partial charge in [-0.3, -0.25) is 4.72 Å². The van der Waals surface area contributed by atoms with Crippen LogP contribution in [0.1, 0.15) is 0 Å². The van der Waals surface area contributed by atoms with Gasteiger partial charge in [0, 0.05) is 5.38 Å². The van der Waals surface area contributed by atoms with E-state index < -0.39 is 10.0 Å². The van der Waals surface area contributed by atoms with E-state index in [1.165, 1.54) is 12.1 Å². The molecule has 0 fully saturated rings. The molecule has 1 aromatic heterocycles. The first-order valence-corrected chi connectivity index (χ1v) is 6.73. The highest BCUT2D eigenvalue weighted by atomic mass is 32.2. The lowest BCUT2D eigenvalue weighted by Gasteiger charge is -2.03. The van der Waals surface area contributed by atoms with Crippen LogP contribution in [0.25, 0.3) is 0 Å². The minimum atomic E-state index is -3.56. The van der Waals surface area contributed by atoms with Crippen LogP contribution in [-0.4, -0.2) is 13.4 Å². The number of benzene rings is 1. The summed E-state index contributed by atoms with van der Waals surface area (Å²) in [6.45, 7) is 0. The van der Waals surface area contributed by atoms with Crippen LogP contribution < -0.4 is 10.5 Å². The van der Waals surface area contributed by atoms with E-state index in [0.717, 1.165) is 11.3 Å². The Balaban J connectivity index is 2.28. The van der Waals surface area contributed by atoms with Crippen molar-refractivity contribution < 1.29 is 8.42 Å². The van der Waals surface area contributed by atoms with Gasteiger partial charge in [-0.2, -0.15) is 0 Å². The number of hydrogen-bond donors (Lipinski definition) is 2. The van der Waals surface area contributed by atoms with E-state index in [0.29, 0.717) is 5.82 Å². The topological polar surface area (TPSA) is 85.1 Å². The molecule has 0 aliphatic carbocycles. The number of nitrogens with zero attached hydrogens (tertiary/aromatic N) is 1. The molecule has 16 heavy (non-hydrogen) atoms. The molecule has 2 aromatic rings. The highest BCUT2D eigenvalue weighted by Gasteiger charge is 2.14. The van der Waals surface area contributed by atoms with E-state index in [9.17, 15) is 8.42 Å². The summed E-state index contributed by atoms with van der Waals surface area (Å²) in [6, 6.07) is 8.09. The lowest BCUT2D eigenvalue weighted by atomic mass is 10.4. The van der Waals surface area contributed by atoms with Gasteiger partial charge in [-0.15, -0.1) is 11.3 Å². The van der Waals surface area contributed by atoms with Crippen molar-refractivity contribution in [3.63, 3.8) is 0 Å². The Bertz CT molecular complexity index is 578. The average Bonchev–Trinajstić information content (AvgIpc) is 2.64. The third-order valence-electron chi connectivity index (χ3n) is 1.80. The SMILES string of the molecule is Nc1csc(NS(=O)(=O)c2ccccc2)n1. The molecule has 2 rings (SSSR count). The van der Waals surface area contributed by atoms with E-state index >= 15 is 0 Å². The van der Waals surface area contributed by atoms with E-state index in [1.807, 2.05) is 0 Å². The van der Waals surface area contributed by atoms with Gasteiger partial charge in [0.2, 0.25) is 0 Å². The second-order valence-electron chi connectivity index (χ2n) is 3.00. The van der Waals surface area contributed by atoms with Crippen LogP contribution in [0.4, 0.5) is 10.9 Å². The zero-order chi connectivity index (χ0) is 11.6. The predicted molar refractivity (Wildman–Crippen MR) is 63.8 cm³/mol. The van der Waals surface area contributed by atoms with Gasteiger partial charge in [-0.1, -0.05) is 18.2 Å². The summed E-state index contributed by atoms with van der Waals surface area (Å²) >= 11 is 1.14. The number of nitrogens with one attached hydrogen (secondary N) is 1. The summed E-state index contributed by atoms with van der Waals surface area (Å²) in [5.74, 6) is 0.302. The zero-order valence-electron chi connectivity index (χ0n) is 8.12. The number of anilines is 2. The van der Waals surface area contributed by atoms with Crippen LogP contribution >= 0.6 is 11.3 Å². The zero-order valence-corrected chi connectivity index (χ0v) is 9.75. The molecular formula is C9H9N3O2S2. The van der Waals surface area contributed by atoms with Crippen molar-refractivity contribution in [3.8, 4) is 0 Å². The van der Waals surface area contributed by atoms with Crippen molar-refractivity contribution >= 4 is 32.3 Å². The predicted octanol–water partition coefficient (Wildman–Crippen LogP) is 1.53. The summed E-state index contributed by atoms with van der Waals surface area (Å²) in [5, 5.41) is 1.84. The largest absolute Gasteiger partial charge is 0.383 e. The fourth-order valence-electron chi connectivity index (χ4n) is 1.11. The first-order valence-electron chi connectivity index (χ1n) is 4.37. The molecule has 0 amide bonds. The molecule has 84 valence electrons. The van der Waals surface area contributed by atoms with Gasteiger partial charge in [0.25, 0.3) is 10.0 Å². The van der Waals surface area contributed by atoms with Gasteiger partial charge in [0.15, 0.2) is 5.13 Å². The third-order valence-corrected chi connectivity index (χ3v) is 4.06. The Kier molecular flexibility index (Phi) is 2.80. The second-order valence-corrected chi connectivity index (χ2v) is 5.54. The van der Waals surface area contributed by atoms with Crippen LogP contribution in [0.3, 0.4) is 0 Å². The molecule has 0 aliphatic heterocycles. The Morgan fingerprint density at radius 1 is 1.25 bits per heavy atom. The van der Waals surface area contributed by atoms with Crippen LogP contribution in [0.2, 0.25) is 0 Å². The second kappa shape index (κ2) is 4.11. The smallest absolute Gasteiger partial charge is 0.263 e. The molecule has 0 saturated heterocycles. The number of nitrogens with two attached hydrogens (primary N) is 1. The lowest BCUT2D eigenvalue weighted by Crippen LogP contribution is -2.12. The monoisotopic (exact) mass is 255 g/mol. The maximum absolute atomic E-state index is 11.8. The van der Waals surface area contributed by atoms with Crippen LogP contribution in [0.15, 0.2) is 40.6 Å². The molecule has 0 saturated carbocycles. The summed E-state index contributed by atoms with van der Waals surface area (Å²) in [5.41, 5.74) is 5.40. The number of thiazole rings is 1. The van der Waals surface area contributed by atoms with Crippen molar-refractivity contribution in [3.05, 3.63) is 35.7 Å². The molecule has 1 heterocycles. The standard InChI is InChI=1S/C9H9N3O2S2/c10-8-6-15-9(11-8)12-16(13,14)7-4-2-1-3-5-7/h1-6H,10H2,(H,11,12). The molecular weight excluding hydrogens is 246 g/mol. The summed E-state index contributed by atoms with van der Waals surface area (Å²) in [6.07, 6.45) is 0. The Morgan fingerprint density at radius 3 is 2.50 bits per heavy atom. The summed E-state index contributed by atoms with van der Waals surface area (Å²) in [7, 11) is -3.56. The molecule has 1 aromatic carbocycles. The maximum Gasteiger partial charge on any atom is 0.263 e. The third kappa shape index (κ3) is 2.31. The number of hydrogen-bond acceptors (Lipinski definition) is 5. The quantitative estimate of drug-likeness (QED) is 0.871. The molecule has 5 nitrogen and oxygen atoms in total. The Hall–Kier alpha value is -1.60. The molecule has 0 spiro atoms. The van der Waals surface area contributed by atoms with Gasteiger partial charge >= 0.3 is 0 Å². The van der Waals surface area contributed by atoms with Gasteiger partial charge < -0.3 is 5.73 Å². The fourth-order valence-corrected chi connectivity index (χ4v) is 2.98. The van der Waals surface area contributed by atoms with Crippen molar-refractivity contribution in [2.45, 2.75) is 4.90 Å². The molecule has 7 heteroatoms. The van der Waals surface area contributed by atoms with Gasteiger partial charge in [-0.25, -0.2) is 13.4 Å². The number of nitrogen functional groups attached to an aromatic ring is 1. The highest BCUT2D eigenvalue weighted by molar-refractivity contribution is 7.93. The first kappa shape index (κ1) is 10.9. The van der Waals surface area contributed by atoms with E-state index in [2.05, 4.69) is 9.71 Å². The minimum absolute atomic E-state index is 0.198. The molecule has 0 bridgehead atoms. The van der Waals surface area contributed by atoms with Gasteiger partial charge in [0.05, 0.1) is 4.90 Å². The molecule has 3 N–H and O–H groups in total. The Labute approximate surface area is 97.0 Å². The van der Waals surface area contributed by atoms with E-state index in [4.69, 9.17) is 5.73 Å². The first-order chi connectivity index (χ1) is 7.58. The number of aromatic nitrogens is 1. The van der Waals surface area contributed by atoms with E-state index in [-0.39, 0.29) is 10.0 Å². The maximum atomic E-state index is 11.8. The summed E-state index contributed by atoms with van der Waals surface area (Å²) < 4.78 is 26.0. The molecule has 0 unspecified atom stereocenters. The molecule has 0 radical (unpaired) electrons. The Morgan fingerprint density at radius 2 is 1.94 bits per heavy atom. The van der Waals surface area contributed by atoms with Crippen molar-refractivity contribution in [1.29, 1.82) is 0 Å². The molecule has 0 aliphatic rings. The summed E-state index contributed by atoms with van der Waals surface area (Å²) in [4.78, 5) is 4.03. The number of sulfonamides is 1. The number of rotatable bonds is 3. The fraction of sp³-hybridized carbons (Fsp3) is 0. The highest BCUT2D eigenvalue weighted by Crippen LogP contribution is 2.20. The van der Waals surface area contributed by atoms with Crippen LogP contribution in [-0.2, 0) is 10.0 Å². The average molecular weight is 255 g/mol. The van der Waals surface area contributed by atoms with Crippen molar-refractivity contribution in [2.24, 2.45) is 0 Å². The van der Waals surface area contributed by atoms with Gasteiger partial charge in [0.1, 0.15) is 5.82 Å².